The first-order valence-electron chi connectivity index (χ1n) is 12.4. The van der Waals surface area contributed by atoms with Gasteiger partial charge in [0, 0.05) is 29.0 Å². The molecule has 1 aliphatic carbocycles. The van der Waals surface area contributed by atoms with Gasteiger partial charge < -0.3 is 30.0 Å². The van der Waals surface area contributed by atoms with Crippen LogP contribution in [0.2, 0.25) is 5.02 Å². The van der Waals surface area contributed by atoms with Gasteiger partial charge in [-0.3, -0.25) is 14.6 Å². The Labute approximate surface area is 256 Å². The number of benzene rings is 3. The van der Waals surface area contributed by atoms with Crippen molar-refractivity contribution in [1.29, 1.82) is 0 Å². The van der Waals surface area contributed by atoms with Gasteiger partial charge >= 0.3 is 24.8 Å². The number of nitrogens with one attached hydrogen (secondary N) is 2. The van der Waals surface area contributed by atoms with E-state index >= 15 is 0 Å². The summed E-state index contributed by atoms with van der Waals surface area (Å²) in [4.78, 5) is 41.0. The Kier molecular flexibility index (Phi) is 9.26. The van der Waals surface area contributed by atoms with E-state index in [4.69, 9.17) is 30.9 Å². The van der Waals surface area contributed by atoms with Gasteiger partial charge in [-0.25, -0.2) is 9.18 Å². The molecular weight excluding hydrogens is 564 g/mol. The molecule has 3 aromatic carbocycles. The molecule has 0 aliphatic heterocycles. The zero-order valence-corrected chi connectivity index (χ0v) is 22.3. The van der Waals surface area contributed by atoms with E-state index in [0.717, 1.165) is 0 Å². The van der Waals surface area contributed by atoms with Crippen LogP contribution in [0.4, 0.5) is 15.8 Å². The van der Waals surface area contributed by atoms with Crippen LogP contribution in [-0.4, -0.2) is 60.5 Å². The third kappa shape index (κ3) is 6.60. The zero-order chi connectivity index (χ0) is 29.1. The van der Waals surface area contributed by atoms with Crippen LogP contribution in [0.5, 0.6) is 23.0 Å². The minimum absolute atomic E-state index is 0. The van der Waals surface area contributed by atoms with E-state index in [-0.39, 0.29) is 35.4 Å². The fraction of sp³-hybridized carbons (Fsp3) is 0.172. The van der Waals surface area contributed by atoms with Gasteiger partial charge in [0.05, 0.1) is 17.6 Å². The second kappa shape index (κ2) is 12.7. The number of carbonyl (C=O) groups excluding carboxylic acids is 2. The van der Waals surface area contributed by atoms with E-state index in [1.165, 1.54) is 43.6 Å². The number of carbonyl (C=O) groups is 3. The summed E-state index contributed by atoms with van der Waals surface area (Å²) in [6.07, 6.45) is 2.27. The molecule has 0 saturated heterocycles. The van der Waals surface area contributed by atoms with Crippen molar-refractivity contribution in [2.24, 2.45) is 5.41 Å². The number of hydrogen-bond acceptors (Lipinski definition) is 7. The molecule has 10 nitrogen and oxygen atoms in total. The first-order valence-corrected chi connectivity index (χ1v) is 12.7. The van der Waals surface area contributed by atoms with Crippen LogP contribution < -0.4 is 24.8 Å². The van der Waals surface area contributed by atoms with Crippen LogP contribution in [0, 0.1) is 11.2 Å². The first-order chi connectivity index (χ1) is 19.7. The molecule has 5 rings (SSSR count). The molecule has 1 aromatic heterocycles. The molecule has 1 fully saturated rings. The van der Waals surface area contributed by atoms with Crippen LogP contribution in [0.1, 0.15) is 12.8 Å². The van der Waals surface area contributed by atoms with Crippen LogP contribution in [0.25, 0.3) is 10.9 Å². The van der Waals surface area contributed by atoms with Crippen LogP contribution in [0.15, 0.2) is 66.9 Å². The Morgan fingerprint density at radius 1 is 0.929 bits per heavy atom. The van der Waals surface area contributed by atoms with Crippen molar-refractivity contribution < 1.29 is 38.1 Å². The summed E-state index contributed by atoms with van der Waals surface area (Å²) in [6.45, 7) is -0.545. The number of aliphatic carboxylic acids is 1. The summed E-state index contributed by atoms with van der Waals surface area (Å²) >= 11 is 6.48. The fourth-order valence-corrected chi connectivity index (χ4v) is 4.35. The van der Waals surface area contributed by atoms with Crippen molar-refractivity contribution in [3.05, 3.63) is 77.7 Å². The number of aromatic nitrogens is 1. The van der Waals surface area contributed by atoms with Crippen LogP contribution in [0.3, 0.4) is 0 Å². The molecule has 1 saturated carbocycles. The van der Waals surface area contributed by atoms with Crippen LogP contribution in [-0.2, 0) is 14.4 Å². The monoisotopic (exact) mass is 587 g/mol. The van der Waals surface area contributed by atoms with E-state index in [1.54, 1.807) is 30.3 Å². The summed E-state index contributed by atoms with van der Waals surface area (Å²) in [6, 6.07) is 14.8. The molecule has 0 atom stereocenters. The Morgan fingerprint density at radius 2 is 1.60 bits per heavy atom. The maximum absolute atomic E-state index is 13.2. The zero-order valence-electron chi connectivity index (χ0n) is 21.6. The first kappa shape index (κ1) is 30.7. The predicted molar refractivity (Wildman–Crippen MR) is 155 cm³/mol. The molecule has 0 unspecified atom stereocenters. The van der Waals surface area contributed by atoms with E-state index in [1.807, 2.05) is 0 Å². The Morgan fingerprint density at radius 3 is 2.21 bits per heavy atom. The van der Waals surface area contributed by atoms with Crippen molar-refractivity contribution in [1.82, 2.24) is 4.98 Å². The standard InChI is InChI=1S/C29H23ClFN3O7.Li.H/c1-39-24-13-19-21(14-25(24)40-15-26(35)36)32-11-8-22(19)41-23-7-6-18(12-20(23)30)34-28(38)29(9-10-29)27(37)33-17-4-2-16(31)3-5-17;;/h2-8,11-14H,9-10,15H2,1H3,(H,33,37)(H,34,38)(H,35,36);;. The number of methoxy groups -OCH3 is 1. The number of pyridine rings is 1. The molecule has 1 aliphatic rings. The van der Waals surface area contributed by atoms with Gasteiger partial charge in [-0.05, 0) is 67.4 Å². The van der Waals surface area contributed by atoms with E-state index in [2.05, 4.69) is 15.6 Å². The third-order valence-electron chi connectivity index (χ3n) is 6.47. The number of carboxylic acids is 1. The number of nitrogens with zero attached hydrogens (tertiary/aromatic N) is 1. The number of amides is 2. The van der Waals surface area contributed by atoms with Gasteiger partial charge in [0.15, 0.2) is 18.1 Å². The van der Waals surface area contributed by atoms with Gasteiger partial charge in [-0.15, -0.1) is 0 Å². The molecule has 1 heterocycles. The second-order valence-corrected chi connectivity index (χ2v) is 9.66. The number of hydrogen-bond donors (Lipinski definition) is 3. The van der Waals surface area contributed by atoms with Gasteiger partial charge in [0.1, 0.15) is 22.7 Å². The van der Waals surface area contributed by atoms with E-state index in [0.29, 0.717) is 46.6 Å². The summed E-state index contributed by atoms with van der Waals surface area (Å²) in [7, 11) is 1.42. The average molecular weight is 588 g/mol. The van der Waals surface area contributed by atoms with E-state index < -0.39 is 35.6 Å². The van der Waals surface area contributed by atoms with Crippen molar-refractivity contribution in [2.75, 3.05) is 24.4 Å². The molecule has 0 spiro atoms. The quantitative estimate of drug-likeness (QED) is 0.174. The van der Waals surface area contributed by atoms with Crippen molar-refractivity contribution in [3.63, 3.8) is 0 Å². The molecule has 13 heteroatoms. The number of halogens is 2. The molecule has 3 N–H and O–H groups in total. The second-order valence-electron chi connectivity index (χ2n) is 9.26. The van der Waals surface area contributed by atoms with Gasteiger partial charge in [-0.2, -0.15) is 0 Å². The fourth-order valence-electron chi connectivity index (χ4n) is 4.13. The van der Waals surface area contributed by atoms with Crippen molar-refractivity contribution >= 4 is 70.5 Å². The Balaban J connectivity index is 0.00000405. The Hall–Kier alpha value is -4.30. The van der Waals surface area contributed by atoms with Gasteiger partial charge in [0.2, 0.25) is 11.8 Å². The number of ether oxygens (including phenoxy) is 3. The third-order valence-corrected chi connectivity index (χ3v) is 6.76. The molecular formula is C29H24ClFLiN3O7. The summed E-state index contributed by atoms with van der Waals surface area (Å²) in [5, 5.41) is 15.1. The SMILES string of the molecule is COc1cc2c(Oc3ccc(NC(=O)C4(C(=O)Nc5ccc(F)cc5)CC4)cc3Cl)ccnc2cc1OCC(=O)O.[LiH]. The summed E-state index contributed by atoms with van der Waals surface area (Å²) in [5.41, 5.74) is 0.00949. The minimum atomic E-state index is -1.22. The van der Waals surface area contributed by atoms with Crippen molar-refractivity contribution in [3.8, 4) is 23.0 Å². The molecule has 4 aromatic rings. The molecule has 0 radical (unpaired) electrons. The van der Waals surface area contributed by atoms with E-state index in [9.17, 15) is 18.8 Å². The molecule has 212 valence electrons. The average Bonchev–Trinajstić information content (AvgIpc) is 3.77. The summed E-state index contributed by atoms with van der Waals surface area (Å²) in [5.74, 6) is -1.32. The van der Waals surface area contributed by atoms with Crippen molar-refractivity contribution in [2.45, 2.75) is 12.8 Å². The number of carboxylic acid groups (broad SMARTS) is 1. The number of fused-ring (bicyclic) bond motifs is 1. The number of anilines is 2. The predicted octanol–water partition coefficient (Wildman–Crippen LogP) is 5.00. The maximum atomic E-state index is 13.2. The normalized spacial score (nSPS) is 12.9. The molecule has 0 bridgehead atoms. The van der Waals surface area contributed by atoms with Crippen LogP contribution >= 0.6 is 11.6 Å². The van der Waals surface area contributed by atoms with Gasteiger partial charge in [-0.1, -0.05) is 11.6 Å². The molecule has 42 heavy (non-hydrogen) atoms. The summed E-state index contributed by atoms with van der Waals surface area (Å²) < 4.78 is 29.8. The number of rotatable bonds is 10. The molecule has 2 amide bonds. The topological polar surface area (TPSA) is 136 Å². The van der Waals surface area contributed by atoms with Gasteiger partial charge in [0.25, 0.3) is 0 Å². The Bertz CT molecular complexity index is 1670.